The number of thioether (sulfide) groups is 1. The molecule has 1 aromatic rings. The van der Waals surface area contributed by atoms with Crippen LogP contribution in [0.15, 0.2) is 16.5 Å². The first-order valence-electron chi connectivity index (χ1n) is 8.64. The van der Waals surface area contributed by atoms with Crippen LogP contribution in [0.2, 0.25) is 0 Å². The summed E-state index contributed by atoms with van der Waals surface area (Å²) in [4.78, 5) is 16.2. The summed E-state index contributed by atoms with van der Waals surface area (Å²) >= 11 is 1.56. The Morgan fingerprint density at radius 2 is 2.21 bits per heavy atom. The summed E-state index contributed by atoms with van der Waals surface area (Å²) in [5.41, 5.74) is 0.635. The minimum atomic E-state index is -0.299. The lowest BCUT2D eigenvalue weighted by molar-refractivity contribution is -0.136. The predicted octanol–water partition coefficient (Wildman–Crippen LogP) is 3.26. The number of methoxy groups -OCH3 is 1. The second-order valence-electron chi connectivity index (χ2n) is 6.54. The molecule has 0 radical (unpaired) electrons. The number of rotatable bonds is 7. The van der Waals surface area contributed by atoms with Crippen molar-refractivity contribution in [1.29, 1.82) is 0 Å². The van der Waals surface area contributed by atoms with Gasteiger partial charge in [0.1, 0.15) is 17.7 Å². The van der Waals surface area contributed by atoms with Crippen molar-refractivity contribution in [2.45, 2.75) is 63.1 Å². The first-order chi connectivity index (χ1) is 11.7. The van der Waals surface area contributed by atoms with Crippen molar-refractivity contribution in [1.82, 2.24) is 15.2 Å². The van der Waals surface area contributed by atoms with Gasteiger partial charge in [-0.05, 0) is 19.3 Å². The fourth-order valence-corrected chi connectivity index (χ4v) is 4.24. The van der Waals surface area contributed by atoms with Crippen molar-refractivity contribution >= 4 is 17.7 Å². The largest absolute Gasteiger partial charge is 0.493 e. The van der Waals surface area contributed by atoms with Gasteiger partial charge in [-0.15, -0.1) is 5.10 Å². The number of aryl methyl sites for hydroxylation is 1. The fraction of sp³-hybridized carbons (Fsp3) is 0.706. The minimum Gasteiger partial charge on any atom is -0.493 e. The van der Waals surface area contributed by atoms with Gasteiger partial charge in [0.15, 0.2) is 0 Å². The first kappa shape index (κ1) is 17.3. The zero-order chi connectivity index (χ0) is 16.9. The third-order valence-electron chi connectivity index (χ3n) is 4.81. The molecule has 1 fully saturated rings. The van der Waals surface area contributed by atoms with Crippen LogP contribution in [-0.2, 0) is 20.7 Å². The molecule has 0 saturated heterocycles. The Bertz CT molecular complexity index is 608. The molecule has 0 bridgehead atoms. The lowest BCUT2D eigenvalue weighted by Gasteiger charge is -2.09. The van der Waals surface area contributed by atoms with E-state index < -0.39 is 0 Å². The van der Waals surface area contributed by atoms with Gasteiger partial charge in [-0.25, -0.2) is 9.78 Å². The number of nitrogens with zero attached hydrogens (tertiary/aromatic N) is 2. The number of H-pyrrole nitrogens is 1. The third kappa shape index (κ3) is 4.32. The van der Waals surface area contributed by atoms with Crippen LogP contribution in [0.3, 0.4) is 0 Å². The maximum atomic E-state index is 11.6. The number of hydrogen-bond acceptors (Lipinski definition) is 6. The molecule has 6 nitrogen and oxygen atoms in total. The lowest BCUT2D eigenvalue weighted by atomic mass is 10.0. The Morgan fingerprint density at radius 1 is 1.42 bits per heavy atom. The average Bonchev–Trinajstić information content (AvgIpc) is 3.31. The molecule has 2 aliphatic rings. The van der Waals surface area contributed by atoms with Crippen LogP contribution in [0.25, 0.3) is 0 Å². The number of carbonyl (C=O) groups excluding carboxylic acids is 1. The molecule has 1 atom stereocenters. The predicted molar refractivity (Wildman–Crippen MR) is 91.6 cm³/mol. The molecule has 1 aliphatic carbocycles. The van der Waals surface area contributed by atoms with Gasteiger partial charge >= 0.3 is 5.97 Å². The van der Waals surface area contributed by atoms with E-state index in [1.54, 1.807) is 11.8 Å². The van der Waals surface area contributed by atoms with E-state index >= 15 is 0 Å². The topological polar surface area (TPSA) is 77.1 Å². The molecule has 132 valence electrons. The highest BCUT2D eigenvalue weighted by Gasteiger charge is 2.28. The smallest absolute Gasteiger partial charge is 0.337 e. The molecule has 2 heterocycles. The molecule has 0 spiro atoms. The van der Waals surface area contributed by atoms with Gasteiger partial charge in [-0.1, -0.05) is 37.4 Å². The highest BCUT2D eigenvalue weighted by Crippen LogP contribution is 2.30. The third-order valence-corrected chi connectivity index (χ3v) is 5.78. The number of nitrogens with one attached hydrogen (secondary N) is 1. The van der Waals surface area contributed by atoms with Crippen molar-refractivity contribution in [2.24, 2.45) is 5.92 Å². The molecule has 24 heavy (non-hydrogen) atoms. The van der Waals surface area contributed by atoms with E-state index in [4.69, 9.17) is 9.47 Å². The van der Waals surface area contributed by atoms with E-state index in [2.05, 4.69) is 15.2 Å². The second-order valence-corrected chi connectivity index (χ2v) is 7.52. The molecule has 0 aromatic carbocycles. The van der Waals surface area contributed by atoms with Crippen molar-refractivity contribution in [3.05, 3.63) is 17.2 Å². The molecule has 1 saturated carbocycles. The van der Waals surface area contributed by atoms with Gasteiger partial charge in [0, 0.05) is 18.6 Å². The SMILES string of the molecule is COC(=O)C1=C(C)OC(CSc2n[nH]c(CCC3CCCC3)n2)C1. The lowest BCUT2D eigenvalue weighted by Crippen LogP contribution is -2.11. The number of esters is 1. The van der Waals surface area contributed by atoms with Gasteiger partial charge in [-0.3, -0.25) is 5.10 Å². The Labute approximate surface area is 146 Å². The Kier molecular flexibility index (Phi) is 5.81. The molecule has 1 unspecified atom stereocenters. The molecule has 1 aliphatic heterocycles. The second kappa shape index (κ2) is 8.05. The Hall–Kier alpha value is -1.50. The normalized spacial score (nSPS) is 21.3. The minimum absolute atomic E-state index is 0.0236. The van der Waals surface area contributed by atoms with Gasteiger partial charge < -0.3 is 9.47 Å². The number of carbonyl (C=O) groups is 1. The molecule has 7 heteroatoms. The zero-order valence-electron chi connectivity index (χ0n) is 14.3. The highest BCUT2D eigenvalue weighted by atomic mass is 32.2. The summed E-state index contributed by atoms with van der Waals surface area (Å²) < 4.78 is 10.5. The van der Waals surface area contributed by atoms with Crippen molar-refractivity contribution in [3.63, 3.8) is 0 Å². The molecular weight excluding hydrogens is 326 g/mol. The molecular formula is C17H25N3O3S. The van der Waals surface area contributed by atoms with Crippen molar-refractivity contribution in [2.75, 3.05) is 12.9 Å². The summed E-state index contributed by atoms with van der Waals surface area (Å²) in [6.07, 6.45) is 8.24. The first-order valence-corrected chi connectivity index (χ1v) is 9.63. The average molecular weight is 351 g/mol. The number of ether oxygens (including phenoxy) is 2. The molecule has 3 rings (SSSR count). The summed E-state index contributed by atoms with van der Waals surface area (Å²) in [7, 11) is 1.39. The maximum Gasteiger partial charge on any atom is 0.337 e. The van der Waals surface area contributed by atoms with Gasteiger partial charge in [0.25, 0.3) is 0 Å². The fourth-order valence-electron chi connectivity index (χ4n) is 3.44. The number of aromatic amines is 1. The molecule has 0 amide bonds. The zero-order valence-corrected chi connectivity index (χ0v) is 15.2. The van der Waals surface area contributed by atoms with Crippen LogP contribution in [0.5, 0.6) is 0 Å². The van der Waals surface area contributed by atoms with Crippen LogP contribution in [0, 0.1) is 5.92 Å². The summed E-state index contributed by atoms with van der Waals surface area (Å²) in [5.74, 6) is 2.93. The van der Waals surface area contributed by atoms with Crippen LogP contribution in [0.1, 0.15) is 51.3 Å². The summed E-state index contributed by atoms with van der Waals surface area (Å²) in [6.45, 7) is 1.81. The quantitative estimate of drug-likeness (QED) is 0.600. The standard InChI is InChI=1S/C17H25N3O3S/c1-11-14(16(21)22-2)9-13(23-11)10-24-17-18-15(19-20-17)8-7-12-5-3-4-6-12/h12-13H,3-10H2,1-2H3,(H,18,19,20). The number of hydrogen-bond donors (Lipinski definition) is 1. The van der Waals surface area contributed by atoms with E-state index in [0.29, 0.717) is 17.8 Å². The van der Waals surface area contributed by atoms with Gasteiger partial charge in [0.05, 0.1) is 12.7 Å². The highest BCUT2D eigenvalue weighted by molar-refractivity contribution is 7.99. The van der Waals surface area contributed by atoms with Crippen molar-refractivity contribution < 1.29 is 14.3 Å². The molecule has 1 aromatic heterocycles. The van der Waals surface area contributed by atoms with E-state index in [9.17, 15) is 4.79 Å². The maximum absolute atomic E-state index is 11.6. The summed E-state index contributed by atoms with van der Waals surface area (Å²) in [5, 5.41) is 8.07. The van der Waals surface area contributed by atoms with E-state index in [1.807, 2.05) is 6.92 Å². The van der Waals surface area contributed by atoms with Crippen LogP contribution in [0.4, 0.5) is 0 Å². The number of allylic oxidation sites excluding steroid dienone is 1. The van der Waals surface area contributed by atoms with Gasteiger partial charge in [0.2, 0.25) is 5.16 Å². The van der Waals surface area contributed by atoms with Crippen LogP contribution in [-0.4, -0.2) is 40.1 Å². The molecule has 1 N–H and O–H groups in total. The Balaban J connectivity index is 1.42. The van der Waals surface area contributed by atoms with Crippen LogP contribution < -0.4 is 0 Å². The van der Waals surface area contributed by atoms with Crippen molar-refractivity contribution in [3.8, 4) is 0 Å². The van der Waals surface area contributed by atoms with Crippen LogP contribution >= 0.6 is 11.8 Å². The number of aromatic nitrogens is 3. The van der Waals surface area contributed by atoms with Gasteiger partial charge in [-0.2, -0.15) is 0 Å². The monoisotopic (exact) mass is 351 g/mol. The van der Waals surface area contributed by atoms with E-state index in [-0.39, 0.29) is 12.1 Å². The van der Waals surface area contributed by atoms with E-state index in [1.165, 1.54) is 39.2 Å². The van der Waals surface area contributed by atoms with E-state index in [0.717, 1.165) is 29.1 Å². The summed E-state index contributed by atoms with van der Waals surface area (Å²) in [6, 6.07) is 0. The Morgan fingerprint density at radius 3 is 2.96 bits per heavy atom.